The van der Waals surface area contributed by atoms with E-state index in [2.05, 4.69) is 5.32 Å². The van der Waals surface area contributed by atoms with Crippen molar-refractivity contribution >= 4 is 15.7 Å². The van der Waals surface area contributed by atoms with Gasteiger partial charge < -0.3 is 10.2 Å². The average Bonchev–Trinajstić information content (AvgIpc) is 2.43. The molecule has 0 aliphatic carbocycles. The fourth-order valence-corrected chi connectivity index (χ4v) is 3.42. The van der Waals surface area contributed by atoms with E-state index in [0.717, 1.165) is 0 Å². The Kier molecular flexibility index (Phi) is 3.72. The van der Waals surface area contributed by atoms with E-state index in [0.29, 0.717) is 6.42 Å². The van der Waals surface area contributed by atoms with Crippen LogP contribution < -0.4 is 5.32 Å². The normalized spacial score (nSPS) is 26.2. The molecule has 1 N–H and O–H groups in total. The minimum absolute atomic E-state index is 0.0284. The van der Waals surface area contributed by atoms with Gasteiger partial charge in [0.15, 0.2) is 9.84 Å². The minimum atomic E-state index is -2.87. The number of rotatable bonds is 3. The quantitative estimate of drug-likeness (QED) is 0.697. The lowest BCUT2D eigenvalue weighted by Crippen LogP contribution is -2.46. The van der Waals surface area contributed by atoms with Gasteiger partial charge in [-0.15, -0.1) is 0 Å². The highest BCUT2D eigenvalue weighted by Gasteiger charge is 2.30. The molecule has 88 valence electrons. The first kappa shape index (κ1) is 12.4. The monoisotopic (exact) mass is 234 g/mol. The van der Waals surface area contributed by atoms with E-state index in [-0.39, 0.29) is 29.5 Å². The molecule has 0 saturated carbocycles. The predicted molar refractivity (Wildman–Crippen MR) is 58.4 cm³/mol. The van der Waals surface area contributed by atoms with Gasteiger partial charge in [-0.3, -0.25) is 4.79 Å². The molecule has 1 saturated heterocycles. The number of nitrogens with zero attached hydrogens (tertiary/aromatic N) is 1. The number of carbonyl (C=O) groups is 1. The van der Waals surface area contributed by atoms with E-state index in [1.807, 2.05) is 0 Å². The highest BCUT2D eigenvalue weighted by molar-refractivity contribution is 7.91. The Morgan fingerprint density at radius 2 is 2.07 bits per heavy atom. The molecule has 0 radical (unpaired) electrons. The van der Waals surface area contributed by atoms with Crippen molar-refractivity contribution in [3.05, 3.63) is 0 Å². The van der Waals surface area contributed by atoms with E-state index in [1.165, 1.54) is 4.90 Å². The highest BCUT2D eigenvalue weighted by atomic mass is 32.2. The molecule has 1 amide bonds. The predicted octanol–water partition coefficient (Wildman–Crippen LogP) is -0.760. The van der Waals surface area contributed by atoms with Gasteiger partial charge in [0.2, 0.25) is 5.91 Å². The summed E-state index contributed by atoms with van der Waals surface area (Å²) in [5, 5.41) is 3.05. The van der Waals surface area contributed by atoms with E-state index < -0.39 is 9.84 Å². The van der Waals surface area contributed by atoms with E-state index >= 15 is 0 Å². The third-order valence-electron chi connectivity index (χ3n) is 2.53. The van der Waals surface area contributed by atoms with Gasteiger partial charge in [-0.25, -0.2) is 8.42 Å². The smallest absolute Gasteiger partial charge is 0.238 e. The number of hydrogen-bond acceptors (Lipinski definition) is 4. The minimum Gasteiger partial charge on any atom is -0.347 e. The number of hydrogen-bond donors (Lipinski definition) is 1. The second kappa shape index (κ2) is 4.49. The van der Waals surface area contributed by atoms with Gasteiger partial charge in [-0.2, -0.15) is 0 Å². The molecule has 1 rings (SSSR count). The molecule has 2 unspecified atom stereocenters. The van der Waals surface area contributed by atoms with Crippen LogP contribution in [0, 0.1) is 0 Å². The molecule has 15 heavy (non-hydrogen) atoms. The van der Waals surface area contributed by atoms with Gasteiger partial charge in [0, 0.05) is 20.1 Å². The molecule has 0 aromatic carbocycles. The van der Waals surface area contributed by atoms with Crippen LogP contribution in [-0.4, -0.2) is 56.9 Å². The molecule has 0 aromatic rings. The van der Waals surface area contributed by atoms with Gasteiger partial charge in [0.1, 0.15) is 0 Å². The first-order valence-electron chi connectivity index (χ1n) is 4.99. The summed E-state index contributed by atoms with van der Waals surface area (Å²) in [7, 11) is 0.498. The highest BCUT2D eigenvalue weighted by Crippen LogP contribution is 2.12. The van der Waals surface area contributed by atoms with Crippen LogP contribution in [0.25, 0.3) is 0 Å². The van der Waals surface area contributed by atoms with Crippen LogP contribution in [0.5, 0.6) is 0 Å². The van der Waals surface area contributed by atoms with Crippen LogP contribution in [0.2, 0.25) is 0 Å². The zero-order valence-electron chi connectivity index (χ0n) is 9.36. The van der Waals surface area contributed by atoms with E-state index in [1.54, 1.807) is 21.0 Å². The Balaban J connectivity index is 2.47. The fourth-order valence-electron chi connectivity index (χ4n) is 1.74. The molecule has 0 spiro atoms. The van der Waals surface area contributed by atoms with Crippen molar-refractivity contribution in [3.8, 4) is 0 Å². The lowest BCUT2D eigenvalue weighted by atomic mass is 10.2. The number of amides is 1. The average molecular weight is 234 g/mol. The standard InChI is InChI=1S/C9H18N2O3S/c1-7(9(12)11(2)3)10-8-4-5-15(13,14)6-8/h7-8,10H,4-6H2,1-3H3. The van der Waals surface area contributed by atoms with Crippen LogP contribution in [0.3, 0.4) is 0 Å². The Hall–Kier alpha value is -0.620. The van der Waals surface area contributed by atoms with Gasteiger partial charge >= 0.3 is 0 Å². The molecule has 0 aromatic heterocycles. The fraction of sp³-hybridized carbons (Fsp3) is 0.889. The maximum absolute atomic E-state index is 11.5. The molecule has 2 atom stereocenters. The first-order chi connectivity index (χ1) is 6.82. The van der Waals surface area contributed by atoms with Crippen molar-refractivity contribution in [2.75, 3.05) is 25.6 Å². The maximum atomic E-state index is 11.5. The van der Waals surface area contributed by atoms with Gasteiger partial charge in [0.25, 0.3) is 0 Å². The zero-order valence-corrected chi connectivity index (χ0v) is 10.2. The number of carbonyl (C=O) groups excluding carboxylic acids is 1. The first-order valence-corrected chi connectivity index (χ1v) is 6.81. The second-order valence-electron chi connectivity index (χ2n) is 4.22. The summed E-state index contributed by atoms with van der Waals surface area (Å²) < 4.78 is 22.4. The molecule has 1 heterocycles. The summed E-state index contributed by atoms with van der Waals surface area (Å²) in [5.74, 6) is 0.352. The number of likely N-dealkylation sites (N-methyl/N-ethyl adjacent to an activating group) is 1. The molecule has 1 aliphatic heterocycles. The lowest BCUT2D eigenvalue weighted by molar-refractivity contribution is -0.130. The molecule has 1 aliphatic rings. The zero-order chi connectivity index (χ0) is 11.6. The van der Waals surface area contributed by atoms with Crippen molar-refractivity contribution in [2.24, 2.45) is 0 Å². The third-order valence-corrected chi connectivity index (χ3v) is 4.30. The molecule has 1 fully saturated rings. The molecule has 0 bridgehead atoms. The Morgan fingerprint density at radius 3 is 2.47 bits per heavy atom. The van der Waals surface area contributed by atoms with Gasteiger partial charge in [0.05, 0.1) is 17.5 Å². The van der Waals surface area contributed by atoms with E-state index in [9.17, 15) is 13.2 Å². The Morgan fingerprint density at radius 1 is 1.47 bits per heavy atom. The van der Waals surface area contributed by atoms with Crippen molar-refractivity contribution in [1.82, 2.24) is 10.2 Å². The Bertz CT molecular complexity index is 337. The molecular formula is C9H18N2O3S. The van der Waals surface area contributed by atoms with Crippen LogP contribution in [0.15, 0.2) is 0 Å². The van der Waals surface area contributed by atoms with Crippen molar-refractivity contribution in [3.63, 3.8) is 0 Å². The summed E-state index contributed by atoms with van der Waals surface area (Å²) >= 11 is 0. The summed E-state index contributed by atoms with van der Waals surface area (Å²) in [4.78, 5) is 13.0. The van der Waals surface area contributed by atoms with Crippen molar-refractivity contribution in [1.29, 1.82) is 0 Å². The topological polar surface area (TPSA) is 66.5 Å². The maximum Gasteiger partial charge on any atom is 0.238 e. The van der Waals surface area contributed by atoms with Crippen molar-refractivity contribution < 1.29 is 13.2 Å². The summed E-state index contributed by atoms with van der Waals surface area (Å²) in [6.45, 7) is 1.76. The largest absolute Gasteiger partial charge is 0.347 e. The van der Waals surface area contributed by atoms with Gasteiger partial charge in [-0.05, 0) is 13.3 Å². The number of nitrogens with one attached hydrogen (secondary N) is 1. The summed E-state index contributed by atoms with van der Waals surface area (Å²) in [6.07, 6.45) is 0.605. The third kappa shape index (κ3) is 3.46. The molecule has 5 nitrogen and oxygen atoms in total. The summed E-state index contributed by atoms with van der Waals surface area (Å²) in [5.41, 5.74) is 0. The van der Waals surface area contributed by atoms with E-state index in [4.69, 9.17) is 0 Å². The van der Waals surface area contributed by atoms with Crippen LogP contribution >= 0.6 is 0 Å². The van der Waals surface area contributed by atoms with Crippen molar-refractivity contribution in [2.45, 2.75) is 25.4 Å². The summed E-state index contributed by atoms with van der Waals surface area (Å²) in [6, 6.07) is -0.396. The second-order valence-corrected chi connectivity index (χ2v) is 6.45. The van der Waals surface area contributed by atoms with Crippen LogP contribution in [0.1, 0.15) is 13.3 Å². The number of sulfone groups is 1. The van der Waals surface area contributed by atoms with Gasteiger partial charge in [-0.1, -0.05) is 0 Å². The Labute approximate surface area is 90.7 Å². The SMILES string of the molecule is CC(NC1CCS(=O)(=O)C1)C(=O)N(C)C. The van der Waals surface area contributed by atoms with Crippen LogP contribution in [0.4, 0.5) is 0 Å². The lowest BCUT2D eigenvalue weighted by Gasteiger charge is -2.20. The van der Waals surface area contributed by atoms with Crippen LogP contribution in [-0.2, 0) is 14.6 Å². The molecule has 6 heteroatoms. The molecular weight excluding hydrogens is 216 g/mol.